The molecule has 0 amide bonds. The molecule has 0 fully saturated rings. The fraction of sp³-hybridized carbons (Fsp3) is 0.0164. The summed E-state index contributed by atoms with van der Waals surface area (Å²) in [4.78, 5) is 2.41. The number of hydrogen-bond donors (Lipinski definition) is 0. The van der Waals surface area contributed by atoms with E-state index >= 15 is 0 Å². The molecule has 12 rings (SSSR count). The molecule has 0 bridgehead atoms. The van der Waals surface area contributed by atoms with Gasteiger partial charge in [-0.2, -0.15) is 0 Å². The number of aromatic nitrogens is 1. The van der Waals surface area contributed by atoms with Gasteiger partial charge in [0, 0.05) is 33.5 Å². The molecule has 0 spiro atoms. The van der Waals surface area contributed by atoms with E-state index in [4.69, 9.17) is 0 Å². The Bertz CT molecular complexity index is 3600. The summed E-state index contributed by atoms with van der Waals surface area (Å²) >= 11 is 0. The van der Waals surface area contributed by atoms with Gasteiger partial charge in [-0.25, -0.2) is 0 Å². The van der Waals surface area contributed by atoms with Crippen LogP contribution in [-0.2, 0) is 0 Å². The highest BCUT2D eigenvalue weighted by atomic mass is 15.1. The molecule has 0 saturated heterocycles. The highest BCUT2D eigenvalue weighted by Crippen LogP contribution is 2.46. The first-order chi connectivity index (χ1) is 31.2. The summed E-state index contributed by atoms with van der Waals surface area (Å²) in [6, 6.07) is 86.6. The third-order valence-electron chi connectivity index (χ3n) is 12.8. The summed E-state index contributed by atoms with van der Waals surface area (Å²) in [6.45, 7) is 2.18. The van der Waals surface area contributed by atoms with Gasteiger partial charge in [0.25, 0.3) is 0 Å². The van der Waals surface area contributed by atoms with Gasteiger partial charge < -0.3 is 9.47 Å². The minimum absolute atomic E-state index is 1.09. The Labute approximate surface area is 367 Å². The summed E-state index contributed by atoms with van der Waals surface area (Å²) in [5.74, 6) is 0. The second-order valence-electron chi connectivity index (χ2n) is 16.6. The zero-order chi connectivity index (χ0) is 41.9. The van der Waals surface area contributed by atoms with Gasteiger partial charge in [0.1, 0.15) is 0 Å². The van der Waals surface area contributed by atoms with Crippen molar-refractivity contribution < 1.29 is 0 Å². The average molecular weight is 803 g/mol. The molecule has 63 heavy (non-hydrogen) atoms. The number of nitrogens with zero attached hydrogens (tertiary/aromatic N) is 2. The van der Waals surface area contributed by atoms with Crippen LogP contribution >= 0.6 is 0 Å². The third-order valence-corrected chi connectivity index (χ3v) is 12.8. The molecule has 0 aliphatic heterocycles. The molecule has 296 valence electrons. The zero-order valence-electron chi connectivity index (χ0n) is 34.9. The Morgan fingerprint density at radius 1 is 0.317 bits per heavy atom. The first-order valence-electron chi connectivity index (χ1n) is 21.8. The Hall–Kier alpha value is -8.20. The van der Waals surface area contributed by atoms with E-state index in [9.17, 15) is 0 Å². The van der Waals surface area contributed by atoms with Gasteiger partial charge in [-0.05, 0) is 139 Å². The van der Waals surface area contributed by atoms with Crippen LogP contribution in [0.15, 0.2) is 237 Å². The van der Waals surface area contributed by atoms with Crippen LogP contribution in [0.2, 0.25) is 0 Å². The Balaban J connectivity index is 1.04. The molecule has 1 heterocycles. The van der Waals surface area contributed by atoms with Gasteiger partial charge in [-0.15, -0.1) is 0 Å². The molecular weight excluding hydrogens is 761 g/mol. The van der Waals surface area contributed by atoms with Crippen LogP contribution in [0, 0.1) is 6.92 Å². The van der Waals surface area contributed by atoms with Gasteiger partial charge >= 0.3 is 0 Å². The van der Waals surface area contributed by atoms with Crippen LogP contribution in [0.1, 0.15) is 5.56 Å². The minimum Gasteiger partial charge on any atom is -0.310 e. The molecule has 1 aromatic heterocycles. The molecular formula is C61H42N2. The summed E-state index contributed by atoms with van der Waals surface area (Å²) in [5, 5.41) is 9.98. The Morgan fingerprint density at radius 2 is 0.778 bits per heavy atom. The van der Waals surface area contributed by atoms with Gasteiger partial charge in [-0.3, -0.25) is 0 Å². The van der Waals surface area contributed by atoms with Crippen molar-refractivity contribution in [2.24, 2.45) is 0 Å². The molecule has 2 nitrogen and oxygen atoms in total. The van der Waals surface area contributed by atoms with Crippen molar-refractivity contribution in [3.05, 3.63) is 242 Å². The van der Waals surface area contributed by atoms with E-state index in [1.54, 1.807) is 0 Å². The predicted molar refractivity (Wildman–Crippen MR) is 269 cm³/mol. The van der Waals surface area contributed by atoms with Crippen LogP contribution in [0.5, 0.6) is 0 Å². The van der Waals surface area contributed by atoms with Crippen LogP contribution in [0.4, 0.5) is 17.1 Å². The lowest BCUT2D eigenvalue weighted by atomic mass is 9.86. The molecule has 0 atom stereocenters. The molecule has 0 saturated carbocycles. The molecule has 0 aliphatic rings. The predicted octanol–water partition coefficient (Wildman–Crippen LogP) is 17.0. The van der Waals surface area contributed by atoms with Crippen molar-refractivity contribution in [1.29, 1.82) is 0 Å². The Morgan fingerprint density at radius 3 is 1.40 bits per heavy atom. The van der Waals surface area contributed by atoms with Crippen molar-refractivity contribution in [1.82, 2.24) is 4.57 Å². The van der Waals surface area contributed by atoms with E-state index < -0.39 is 0 Å². The number of anilines is 3. The summed E-state index contributed by atoms with van der Waals surface area (Å²) in [6.07, 6.45) is 0. The number of para-hydroxylation sites is 1. The molecule has 0 aliphatic carbocycles. The first kappa shape index (κ1) is 36.6. The standard InChI is InChI=1S/C61H42N2/c1-41-27-37-58-56(39-41)57-40-49(36-38-59(57)63(58)46-19-6-3-7-20-46)62(47-32-28-43(29-33-47)51-26-14-18-42-15-8-9-21-50(42)51)48-34-30-45(31-35-48)61-54-24-12-10-22-52(54)60(44-16-4-2-5-17-44)53-23-11-13-25-55(53)61/h2-40H,1H3. The van der Waals surface area contributed by atoms with Crippen LogP contribution in [0.3, 0.4) is 0 Å². The van der Waals surface area contributed by atoms with Crippen LogP contribution < -0.4 is 4.90 Å². The summed E-state index contributed by atoms with van der Waals surface area (Å²) in [5.41, 5.74) is 15.5. The minimum atomic E-state index is 1.09. The maximum atomic E-state index is 2.41. The second kappa shape index (κ2) is 15.1. The van der Waals surface area contributed by atoms with E-state index in [-0.39, 0.29) is 0 Å². The highest BCUT2D eigenvalue weighted by molar-refractivity contribution is 6.21. The SMILES string of the molecule is Cc1ccc2c(c1)c1cc(N(c3ccc(-c4cccc5ccccc45)cc3)c3ccc(-c4c5ccccc5c(-c5ccccc5)c5ccccc45)cc3)ccc1n2-c1ccccc1. The van der Waals surface area contributed by atoms with Crippen molar-refractivity contribution >= 4 is 71.2 Å². The number of rotatable bonds is 7. The molecule has 0 radical (unpaired) electrons. The van der Waals surface area contributed by atoms with Gasteiger partial charge in [0.05, 0.1) is 11.0 Å². The van der Waals surface area contributed by atoms with E-state index in [0.29, 0.717) is 0 Å². The monoisotopic (exact) mass is 802 g/mol. The first-order valence-corrected chi connectivity index (χ1v) is 21.8. The molecule has 2 heteroatoms. The number of benzene rings is 11. The number of hydrogen-bond acceptors (Lipinski definition) is 1. The smallest absolute Gasteiger partial charge is 0.0542 e. The van der Waals surface area contributed by atoms with Gasteiger partial charge in [-0.1, -0.05) is 175 Å². The van der Waals surface area contributed by atoms with E-state index in [1.165, 1.54) is 93.1 Å². The second-order valence-corrected chi connectivity index (χ2v) is 16.6. The lowest BCUT2D eigenvalue weighted by molar-refractivity contribution is 1.18. The zero-order valence-corrected chi connectivity index (χ0v) is 34.9. The van der Waals surface area contributed by atoms with Crippen molar-refractivity contribution in [3.63, 3.8) is 0 Å². The summed E-state index contributed by atoms with van der Waals surface area (Å²) in [7, 11) is 0. The topological polar surface area (TPSA) is 8.17 Å². The van der Waals surface area contributed by atoms with Crippen LogP contribution in [-0.4, -0.2) is 4.57 Å². The van der Waals surface area contributed by atoms with Gasteiger partial charge in [0.2, 0.25) is 0 Å². The van der Waals surface area contributed by atoms with E-state index in [1.807, 2.05) is 0 Å². The lowest BCUT2D eigenvalue weighted by Crippen LogP contribution is -2.10. The van der Waals surface area contributed by atoms with Gasteiger partial charge in [0.15, 0.2) is 0 Å². The van der Waals surface area contributed by atoms with Crippen molar-refractivity contribution in [3.8, 4) is 39.1 Å². The highest BCUT2D eigenvalue weighted by Gasteiger charge is 2.20. The summed E-state index contributed by atoms with van der Waals surface area (Å²) < 4.78 is 2.39. The molecule has 0 unspecified atom stereocenters. The maximum absolute atomic E-state index is 2.41. The van der Waals surface area contributed by atoms with Crippen LogP contribution in [0.25, 0.3) is 93.2 Å². The van der Waals surface area contributed by atoms with Crippen molar-refractivity contribution in [2.45, 2.75) is 6.92 Å². The fourth-order valence-electron chi connectivity index (χ4n) is 9.97. The van der Waals surface area contributed by atoms with E-state index in [0.717, 1.165) is 22.7 Å². The van der Waals surface area contributed by atoms with Crippen molar-refractivity contribution in [2.75, 3.05) is 4.90 Å². The Kier molecular flexibility index (Phi) is 8.76. The lowest BCUT2D eigenvalue weighted by Gasteiger charge is -2.26. The molecule has 11 aromatic carbocycles. The number of aryl methyl sites for hydroxylation is 1. The largest absolute Gasteiger partial charge is 0.310 e. The third kappa shape index (κ3) is 6.18. The van der Waals surface area contributed by atoms with E-state index in [2.05, 4.69) is 253 Å². The molecule has 12 aromatic rings. The molecule has 0 N–H and O–H groups in total. The normalized spacial score (nSPS) is 11.6. The number of fused-ring (bicyclic) bond motifs is 6. The maximum Gasteiger partial charge on any atom is 0.0542 e. The quantitative estimate of drug-likeness (QED) is 0.146. The average Bonchev–Trinajstić information content (AvgIpc) is 3.67. The fourth-order valence-corrected chi connectivity index (χ4v) is 9.97.